The number of aliphatic carboxylic acids is 1. The Labute approximate surface area is 272 Å². The molecule has 46 heavy (non-hydrogen) atoms. The Morgan fingerprint density at radius 1 is 1.15 bits per heavy atom. The summed E-state index contributed by atoms with van der Waals surface area (Å²) in [6.45, 7) is 4.75. The van der Waals surface area contributed by atoms with E-state index in [0.29, 0.717) is 43.6 Å². The van der Waals surface area contributed by atoms with Gasteiger partial charge in [0.25, 0.3) is 6.43 Å². The van der Waals surface area contributed by atoms with Gasteiger partial charge < -0.3 is 37.4 Å². The first-order valence-corrected chi connectivity index (χ1v) is 16.7. The van der Waals surface area contributed by atoms with Crippen LogP contribution in [0.3, 0.4) is 0 Å². The van der Waals surface area contributed by atoms with Crippen molar-refractivity contribution >= 4 is 29.4 Å². The number of halogens is 2. The SMILES string of the molecule is CCC(CCNC(=O)CCCCCCCC(=O)O)NC1=C(C(N)N2CCCc3cc(C(C=NC)=CN)c(C(F)F)cc32)CNCC1. The van der Waals surface area contributed by atoms with Crippen LogP contribution in [0.1, 0.15) is 101 Å². The van der Waals surface area contributed by atoms with Gasteiger partial charge in [0, 0.05) is 87.0 Å². The molecule has 1 aromatic carbocycles. The maximum atomic E-state index is 14.3. The number of hydrogen-bond acceptors (Lipinski definition) is 8. The molecule has 2 aliphatic heterocycles. The molecule has 2 atom stereocenters. The van der Waals surface area contributed by atoms with E-state index in [9.17, 15) is 18.4 Å². The molecule has 0 saturated heterocycles. The van der Waals surface area contributed by atoms with Crippen LogP contribution in [0.5, 0.6) is 0 Å². The zero-order chi connectivity index (χ0) is 33.5. The maximum Gasteiger partial charge on any atom is 0.303 e. The number of aryl methyl sites for hydroxylation is 1. The number of carbonyl (C=O) groups is 2. The Bertz CT molecular complexity index is 1250. The highest BCUT2D eigenvalue weighted by Gasteiger charge is 2.30. The summed E-state index contributed by atoms with van der Waals surface area (Å²) in [4.78, 5) is 29.0. The van der Waals surface area contributed by atoms with Gasteiger partial charge in [-0.05, 0) is 73.8 Å². The molecule has 2 aliphatic rings. The molecule has 0 aromatic heterocycles. The summed E-state index contributed by atoms with van der Waals surface area (Å²) in [6.07, 6.45) is 8.55. The molecular formula is C34H53F2N7O3. The van der Waals surface area contributed by atoms with E-state index in [1.807, 2.05) is 11.0 Å². The molecule has 1 amide bonds. The third kappa shape index (κ3) is 10.8. The van der Waals surface area contributed by atoms with Crippen LogP contribution in [0.25, 0.3) is 5.57 Å². The van der Waals surface area contributed by atoms with Gasteiger partial charge >= 0.3 is 5.97 Å². The Hall–Kier alpha value is -3.51. The summed E-state index contributed by atoms with van der Waals surface area (Å²) < 4.78 is 28.6. The molecule has 2 unspecified atom stereocenters. The van der Waals surface area contributed by atoms with Gasteiger partial charge in [-0.25, -0.2) is 8.78 Å². The first kappa shape index (κ1) is 37.0. The number of amides is 1. The lowest BCUT2D eigenvalue weighted by molar-refractivity contribution is -0.137. The number of carboxylic acids is 1. The fraction of sp³-hybridized carbons (Fsp3) is 0.618. The number of aliphatic imine (C=N–C) groups is 1. The molecule has 0 aliphatic carbocycles. The van der Waals surface area contributed by atoms with Crippen molar-refractivity contribution in [1.82, 2.24) is 16.0 Å². The zero-order valence-electron chi connectivity index (χ0n) is 27.4. The average molecular weight is 646 g/mol. The van der Waals surface area contributed by atoms with E-state index in [2.05, 4.69) is 27.9 Å². The number of nitrogens with zero attached hydrogens (tertiary/aromatic N) is 2. The molecule has 12 heteroatoms. The third-order valence-electron chi connectivity index (χ3n) is 8.83. The number of alkyl halides is 2. The Morgan fingerprint density at radius 2 is 1.89 bits per heavy atom. The number of rotatable bonds is 19. The first-order valence-electron chi connectivity index (χ1n) is 16.7. The first-order chi connectivity index (χ1) is 22.2. The van der Waals surface area contributed by atoms with Crippen LogP contribution in [0.15, 0.2) is 34.6 Å². The van der Waals surface area contributed by atoms with Gasteiger partial charge in [0.2, 0.25) is 5.91 Å². The number of hydrogen-bond donors (Lipinski definition) is 6. The van der Waals surface area contributed by atoms with Crippen LogP contribution in [0, 0.1) is 0 Å². The molecule has 0 bridgehead atoms. The van der Waals surface area contributed by atoms with Crippen molar-refractivity contribution in [2.24, 2.45) is 16.5 Å². The lowest BCUT2D eigenvalue weighted by Gasteiger charge is -2.40. The second-order valence-corrected chi connectivity index (χ2v) is 12.1. The largest absolute Gasteiger partial charge is 0.481 e. The highest BCUT2D eigenvalue weighted by Crippen LogP contribution is 2.38. The third-order valence-corrected chi connectivity index (χ3v) is 8.83. The van der Waals surface area contributed by atoms with Crippen molar-refractivity contribution in [2.45, 2.75) is 103 Å². The summed E-state index contributed by atoms with van der Waals surface area (Å²) in [5, 5.41) is 18.9. The molecule has 0 spiro atoms. The van der Waals surface area contributed by atoms with Crippen LogP contribution in [0.2, 0.25) is 0 Å². The normalized spacial score (nSPS) is 16.9. The monoisotopic (exact) mass is 645 g/mol. The lowest BCUT2D eigenvalue weighted by Crippen LogP contribution is -2.51. The van der Waals surface area contributed by atoms with E-state index in [-0.39, 0.29) is 23.9 Å². The molecule has 1 aromatic rings. The Kier molecular flexibility index (Phi) is 15.4. The molecule has 0 fully saturated rings. The smallest absolute Gasteiger partial charge is 0.303 e. The van der Waals surface area contributed by atoms with E-state index >= 15 is 0 Å². The zero-order valence-corrected chi connectivity index (χ0v) is 27.4. The molecule has 10 nitrogen and oxygen atoms in total. The number of anilines is 1. The standard InChI is InChI=1S/C34H53F2N7O3/c1-3-25(13-16-41-31(44)11-7-5-4-6-8-12-32(45)46)42-29-14-15-40-22-28(29)34(38)43-17-9-10-23-18-26(24(20-37)21-39-2)27(33(35)36)19-30(23)43/h18-21,25,33-34,40,42H,3-17,22,37-38H2,1-2H3,(H,41,44)(H,45,46). The van der Waals surface area contributed by atoms with Crippen LogP contribution in [-0.2, 0) is 16.0 Å². The van der Waals surface area contributed by atoms with Crippen molar-refractivity contribution < 1.29 is 23.5 Å². The molecule has 0 saturated carbocycles. The minimum Gasteiger partial charge on any atom is -0.481 e. The van der Waals surface area contributed by atoms with Gasteiger partial charge in [-0.2, -0.15) is 0 Å². The number of carbonyl (C=O) groups excluding carboxylic acids is 1. The summed E-state index contributed by atoms with van der Waals surface area (Å²) >= 11 is 0. The minimum absolute atomic E-state index is 0.0373. The number of nitrogens with two attached hydrogens (primary N) is 2. The van der Waals surface area contributed by atoms with Crippen molar-refractivity contribution in [3.8, 4) is 0 Å². The molecule has 0 radical (unpaired) electrons. The van der Waals surface area contributed by atoms with E-state index in [0.717, 1.165) is 86.9 Å². The molecule has 256 valence electrons. The molecule has 2 heterocycles. The van der Waals surface area contributed by atoms with Crippen LogP contribution < -0.4 is 32.3 Å². The molecule has 8 N–H and O–H groups in total. The lowest BCUT2D eigenvalue weighted by atomic mass is 9.91. The van der Waals surface area contributed by atoms with Crippen LogP contribution in [0.4, 0.5) is 14.5 Å². The van der Waals surface area contributed by atoms with E-state index < -0.39 is 18.6 Å². The quantitative estimate of drug-likeness (QED) is 0.0942. The molecule has 3 rings (SSSR count). The molecular weight excluding hydrogens is 592 g/mol. The fourth-order valence-electron chi connectivity index (χ4n) is 6.27. The van der Waals surface area contributed by atoms with Crippen molar-refractivity contribution in [3.63, 3.8) is 0 Å². The summed E-state index contributed by atoms with van der Waals surface area (Å²) in [6, 6.07) is 3.53. The highest BCUT2D eigenvalue weighted by atomic mass is 19.3. The van der Waals surface area contributed by atoms with Gasteiger partial charge in [0.15, 0.2) is 0 Å². The predicted octanol–water partition coefficient (Wildman–Crippen LogP) is 4.60. The number of fused-ring (bicyclic) bond motifs is 1. The van der Waals surface area contributed by atoms with Crippen molar-refractivity contribution in [2.75, 3.05) is 38.1 Å². The summed E-state index contributed by atoms with van der Waals surface area (Å²) in [7, 11) is 1.58. The van der Waals surface area contributed by atoms with Gasteiger partial charge in [-0.1, -0.05) is 26.2 Å². The number of nitrogens with one attached hydrogen (secondary N) is 3. The fourth-order valence-corrected chi connectivity index (χ4v) is 6.27. The topological polar surface area (TPSA) is 158 Å². The van der Waals surface area contributed by atoms with Gasteiger partial charge in [0.1, 0.15) is 6.17 Å². The van der Waals surface area contributed by atoms with Crippen LogP contribution >= 0.6 is 0 Å². The summed E-state index contributed by atoms with van der Waals surface area (Å²) in [5.41, 5.74) is 17.3. The number of carboxylic acid groups (broad SMARTS) is 1. The Morgan fingerprint density at radius 3 is 2.57 bits per heavy atom. The highest BCUT2D eigenvalue weighted by molar-refractivity contribution is 6.10. The van der Waals surface area contributed by atoms with Gasteiger partial charge in [-0.3, -0.25) is 14.6 Å². The average Bonchev–Trinajstić information content (AvgIpc) is 3.05. The van der Waals surface area contributed by atoms with Gasteiger partial charge in [-0.15, -0.1) is 0 Å². The Balaban J connectivity index is 1.65. The number of unbranched alkanes of at least 4 members (excludes halogenated alkanes) is 4. The summed E-state index contributed by atoms with van der Waals surface area (Å²) in [5.74, 6) is -0.726. The number of allylic oxidation sites excluding steroid dienone is 1. The van der Waals surface area contributed by atoms with Gasteiger partial charge in [0.05, 0.1) is 0 Å². The predicted molar refractivity (Wildman–Crippen MR) is 181 cm³/mol. The second kappa shape index (κ2) is 19.2. The van der Waals surface area contributed by atoms with Crippen molar-refractivity contribution in [3.05, 3.63) is 46.3 Å². The van der Waals surface area contributed by atoms with E-state index in [4.69, 9.17) is 16.6 Å². The maximum absolute atomic E-state index is 14.3. The van der Waals surface area contributed by atoms with Crippen molar-refractivity contribution in [1.29, 1.82) is 0 Å². The second-order valence-electron chi connectivity index (χ2n) is 12.1. The number of benzene rings is 1. The van der Waals surface area contributed by atoms with E-state index in [1.165, 1.54) is 12.4 Å². The minimum atomic E-state index is -2.69. The van der Waals surface area contributed by atoms with Crippen LogP contribution in [-0.4, -0.2) is 68.6 Å². The van der Waals surface area contributed by atoms with E-state index in [1.54, 1.807) is 13.1 Å².